The van der Waals surface area contributed by atoms with Crippen molar-refractivity contribution in [1.82, 2.24) is 0 Å². The van der Waals surface area contributed by atoms with Gasteiger partial charge in [-0.2, -0.15) is 0 Å². The molecule has 0 radical (unpaired) electrons. The highest BCUT2D eigenvalue weighted by molar-refractivity contribution is 5.71. The summed E-state index contributed by atoms with van der Waals surface area (Å²) in [5, 5.41) is 0. The van der Waals surface area contributed by atoms with Crippen molar-refractivity contribution in [1.29, 1.82) is 0 Å². The van der Waals surface area contributed by atoms with Crippen molar-refractivity contribution in [3.05, 3.63) is 24.3 Å². The summed E-state index contributed by atoms with van der Waals surface area (Å²) in [4.78, 5) is 38.0. The van der Waals surface area contributed by atoms with Gasteiger partial charge in [0.1, 0.15) is 13.2 Å². The number of hydrogen-bond acceptors (Lipinski definition) is 6. The number of carbonyl (C=O) groups is 3. The zero-order valence-electron chi connectivity index (χ0n) is 48.7. The van der Waals surface area contributed by atoms with Crippen LogP contribution >= 0.6 is 0 Å². The summed E-state index contributed by atoms with van der Waals surface area (Å²) in [6, 6.07) is 0. The van der Waals surface area contributed by atoms with Gasteiger partial charge >= 0.3 is 17.9 Å². The van der Waals surface area contributed by atoms with Gasteiger partial charge in [0.15, 0.2) is 6.10 Å². The van der Waals surface area contributed by atoms with E-state index in [0.717, 1.165) is 64.2 Å². The molecule has 0 N–H and O–H groups in total. The van der Waals surface area contributed by atoms with Crippen molar-refractivity contribution in [2.24, 2.45) is 0 Å². The summed E-state index contributed by atoms with van der Waals surface area (Å²) >= 11 is 0. The minimum Gasteiger partial charge on any atom is -0.462 e. The van der Waals surface area contributed by atoms with Gasteiger partial charge in [0.05, 0.1) is 0 Å². The van der Waals surface area contributed by atoms with Crippen LogP contribution < -0.4 is 0 Å². The van der Waals surface area contributed by atoms with E-state index in [0.29, 0.717) is 19.3 Å². The maximum Gasteiger partial charge on any atom is 0.306 e. The molecule has 0 aromatic carbocycles. The second kappa shape index (κ2) is 61.4. The molecule has 0 bridgehead atoms. The molecule has 1 atom stereocenters. The van der Waals surface area contributed by atoms with E-state index >= 15 is 0 Å². The van der Waals surface area contributed by atoms with Gasteiger partial charge in [-0.15, -0.1) is 0 Å². The zero-order chi connectivity index (χ0) is 52.2. The first-order chi connectivity index (χ1) is 35.5. The van der Waals surface area contributed by atoms with Gasteiger partial charge < -0.3 is 14.2 Å². The molecular formula is C66H124O6. The van der Waals surface area contributed by atoms with Crippen LogP contribution in [-0.4, -0.2) is 37.2 Å². The number of rotatable bonds is 60. The molecule has 0 aliphatic carbocycles. The smallest absolute Gasteiger partial charge is 0.306 e. The van der Waals surface area contributed by atoms with E-state index < -0.39 is 6.10 Å². The largest absolute Gasteiger partial charge is 0.462 e. The maximum absolute atomic E-state index is 12.8. The van der Waals surface area contributed by atoms with E-state index in [1.165, 1.54) is 257 Å². The highest BCUT2D eigenvalue weighted by atomic mass is 16.6. The van der Waals surface area contributed by atoms with Gasteiger partial charge in [-0.25, -0.2) is 0 Å². The van der Waals surface area contributed by atoms with Crippen molar-refractivity contribution >= 4 is 17.9 Å². The molecule has 0 spiro atoms. The minimum absolute atomic E-state index is 0.0693. The number of ether oxygens (including phenoxy) is 3. The normalized spacial score (nSPS) is 12.1. The molecule has 6 nitrogen and oxygen atoms in total. The highest BCUT2D eigenvalue weighted by Gasteiger charge is 2.19. The number of esters is 3. The van der Waals surface area contributed by atoms with Gasteiger partial charge in [0, 0.05) is 19.3 Å². The van der Waals surface area contributed by atoms with Gasteiger partial charge in [-0.1, -0.05) is 295 Å². The molecule has 0 aliphatic rings. The summed E-state index contributed by atoms with van der Waals surface area (Å²) in [6.45, 7) is 6.63. The van der Waals surface area contributed by atoms with Crippen molar-refractivity contribution in [3.8, 4) is 0 Å². The number of hydrogen-bond donors (Lipinski definition) is 0. The first-order valence-corrected chi connectivity index (χ1v) is 32.3. The number of unbranched alkanes of at least 4 members (excludes halogenated alkanes) is 45. The second-order valence-corrected chi connectivity index (χ2v) is 22.0. The van der Waals surface area contributed by atoms with E-state index in [-0.39, 0.29) is 31.1 Å². The Morgan fingerprint density at radius 1 is 0.264 bits per heavy atom. The molecule has 0 fully saturated rings. The molecular weight excluding hydrogens is 889 g/mol. The van der Waals surface area contributed by atoms with E-state index in [9.17, 15) is 14.4 Å². The molecule has 6 heteroatoms. The summed E-state index contributed by atoms with van der Waals surface area (Å²) in [6.07, 6.45) is 73.7. The third kappa shape index (κ3) is 58.8. The van der Waals surface area contributed by atoms with E-state index in [2.05, 4.69) is 45.1 Å². The van der Waals surface area contributed by atoms with Crippen molar-refractivity contribution in [2.45, 2.75) is 367 Å². The van der Waals surface area contributed by atoms with Crippen LogP contribution in [0.4, 0.5) is 0 Å². The fourth-order valence-corrected chi connectivity index (χ4v) is 9.79. The monoisotopic (exact) mass is 1010 g/mol. The Morgan fingerprint density at radius 3 is 0.722 bits per heavy atom. The lowest BCUT2D eigenvalue weighted by molar-refractivity contribution is -0.167. The van der Waals surface area contributed by atoms with Crippen molar-refractivity contribution in [3.63, 3.8) is 0 Å². The lowest BCUT2D eigenvalue weighted by Crippen LogP contribution is -2.30. The van der Waals surface area contributed by atoms with E-state index in [1.807, 2.05) is 0 Å². The van der Waals surface area contributed by atoms with E-state index in [1.54, 1.807) is 0 Å². The van der Waals surface area contributed by atoms with Crippen LogP contribution in [0.1, 0.15) is 361 Å². The third-order valence-electron chi connectivity index (χ3n) is 14.7. The van der Waals surface area contributed by atoms with Crippen LogP contribution in [0.2, 0.25) is 0 Å². The molecule has 0 aliphatic heterocycles. The molecule has 0 rings (SSSR count). The Balaban J connectivity index is 3.95. The Kier molecular flexibility index (Phi) is 59.6. The predicted octanol–water partition coefficient (Wildman–Crippen LogP) is 21.8. The van der Waals surface area contributed by atoms with E-state index in [4.69, 9.17) is 14.2 Å². The molecule has 1 unspecified atom stereocenters. The third-order valence-corrected chi connectivity index (χ3v) is 14.7. The Hall–Kier alpha value is -2.11. The first-order valence-electron chi connectivity index (χ1n) is 32.3. The molecule has 0 aromatic rings. The van der Waals surface area contributed by atoms with Crippen LogP contribution in [0.15, 0.2) is 24.3 Å². The minimum atomic E-state index is -0.769. The SMILES string of the molecule is CCCCC/C=C\CCCCCCCC(=O)OC(COC(=O)CCCCCCCCCCC)COC(=O)CCCCCCCCCCCCCCCCCCCCCCC/C=C\CCCCCCCCCC. The van der Waals surface area contributed by atoms with Gasteiger partial charge in [-0.3, -0.25) is 14.4 Å². The predicted molar refractivity (Wildman–Crippen MR) is 312 cm³/mol. The van der Waals surface area contributed by atoms with Crippen LogP contribution in [0.3, 0.4) is 0 Å². The zero-order valence-corrected chi connectivity index (χ0v) is 48.7. The molecule has 0 aromatic heterocycles. The average Bonchev–Trinajstić information content (AvgIpc) is 3.38. The summed E-state index contributed by atoms with van der Waals surface area (Å²) in [7, 11) is 0. The van der Waals surface area contributed by atoms with Gasteiger partial charge in [-0.05, 0) is 70.6 Å². The standard InChI is InChI=1S/C66H124O6/c1-4-7-10-13-16-19-21-23-24-25-26-27-28-29-30-31-32-33-34-35-36-37-38-39-40-41-42-43-45-47-50-53-56-59-65(68)71-62-63(61-70-64(67)58-55-52-49-46-18-15-12-9-6-3)72-66(69)60-57-54-51-48-44-22-20-17-14-11-8-5-2/h17,20,25-26,63H,4-16,18-19,21-24,27-62H2,1-3H3/b20-17-,26-25-. The fourth-order valence-electron chi connectivity index (χ4n) is 9.79. The fraction of sp³-hybridized carbons (Fsp3) is 0.894. The first kappa shape index (κ1) is 69.9. The lowest BCUT2D eigenvalue weighted by Gasteiger charge is -2.18. The van der Waals surface area contributed by atoms with Gasteiger partial charge in [0.2, 0.25) is 0 Å². The molecule has 0 saturated heterocycles. The maximum atomic E-state index is 12.8. The topological polar surface area (TPSA) is 78.9 Å². The number of allylic oxidation sites excluding steroid dienone is 4. The average molecular weight is 1010 g/mol. The van der Waals surface area contributed by atoms with Gasteiger partial charge in [0.25, 0.3) is 0 Å². The van der Waals surface area contributed by atoms with Crippen LogP contribution in [0.25, 0.3) is 0 Å². The molecule has 0 saturated carbocycles. The molecule has 424 valence electrons. The van der Waals surface area contributed by atoms with Crippen LogP contribution in [0, 0.1) is 0 Å². The molecule has 72 heavy (non-hydrogen) atoms. The summed E-state index contributed by atoms with van der Waals surface area (Å²) in [5.74, 6) is -0.861. The van der Waals surface area contributed by atoms with Crippen molar-refractivity contribution in [2.75, 3.05) is 13.2 Å². The van der Waals surface area contributed by atoms with Crippen LogP contribution in [-0.2, 0) is 28.6 Å². The Morgan fingerprint density at radius 2 is 0.458 bits per heavy atom. The van der Waals surface area contributed by atoms with Crippen LogP contribution in [0.5, 0.6) is 0 Å². The summed E-state index contributed by atoms with van der Waals surface area (Å²) < 4.78 is 16.8. The van der Waals surface area contributed by atoms with Crippen molar-refractivity contribution < 1.29 is 28.6 Å². The quantitative estimate of drug-likeness (QED) is 0.0261. The second-order valence-electron chi connectivity index (χ2n) is 22.0. The lowest BCUT2D eigenvalue weighted by atomic mass is 10.0. The highest BCUT2D eigenvalue weighted by Crippen LogP contribution is 2.18. The summed E-state index contributed by atoms with van der Waals surface area (Å²) in [5.41, 5.74) is 0. The Labute approximate surface area is 449 Å². The number of carbonyl (C=O) groups excluding carboxylic acids is 3. The molecule has 0 amide bonds. The molecule has 0 heterocycles. The Bertz CT molecular complexity index is 1160.